The van der Waals surface area contributed by atoms with Crippen LogP contribution < -0.4 is 4.90 Å². The smallest absolute Gasteiger partial charge is 0.266 e. The van der Waals surface area contributed by atoms with Crippen molar-refractivity contribution in [3.63, 3.8) is 0 Å². The van der Waals surface area contributed by atoms with Gasteiger partial charge in [-0.1, -0.05) is 0 Å². The molecule has 1 amide bonds. The molecule has 0 radical (unpaired) electrons. The van der Waals surface area contributed by atoms with Crippen LogP contribution in [0.5, 0.6) is 0 Å². The standard InChI is InChI=1S/C22H26N4O5/c23-14-17-21(31-19(24-17)18-2-1-11-28-18)26-9-3-15(4-10-26)20(27)25-7-5-16(6-8-25)22-29-12-13-30-22/h1-2,11,15-16,22H,3-10,12-13H2. The van der Waals surface area contributed by atoms with Gasteiger partial charge >= 0.3 is 0 Å². The molecule has 0 saturated carbocycles. The number of aromatic nitrogens is 1. The van der Waals surface area contributed by atoms with E-state index in [1.54, 1.807) is 18.4 Å². The summed E-state index contributed by atoms with van der Waals surface area (Å²) in [5, 5.41) is 9.46. The number of ether oxygens (including phenoxy) is 2. The summed E-state index contributed by atoms with van der Waals surface area (Å²) < 4.78 is 22.4. The van der Waals surface area contributed by atoms with Gasteiger partial charge in [-0.05, 0) is 37.8 Å². The Hall–Kier alpha value is -2.83. The molecule has 164 valence electrons. The molecule has 0 N–H and O–H groups in total. The molecule has 3 aliphatic rings. The number of rotatable bonds is 4. The van der Waals surface area contributed by atoms with Crippen LogP contribution in [0, 0.1) is 23.2 Å². The molecule has 0 aromatic carbocycles. The topological polar surface area (TPSA) is 105 Å². The first-order valence-corrected chi connectivity index (χ1v) is 10.9. The Bertz CT molecular complexity index is 928. The van der Waals surface area contributed by atoms with E-state index in [-0.39, 0.29) is 23.8 Å². The second-order valence-electron chi connectivity index (χ2n) is 8.30. The highest BCUT2D eigenvalue weighted by Gasteiger charge is 2.35. The molecule has 2 aromatic heterocycles. The first-order valence-electron chi connectivity index (χ1n) is 10.9. The van der Waals surface area contributed by atoms with Crippen LogP contribution in [-0.4, -0.2) is 61.5 Å². The third kappa shape index (κ3) is 4.05. The first-order chi connectivity index (χ1) is 15.2. The normalized spacial score (nSPS) is 21.5. The van der Waals surface area contributed by atoms with Crippen molar-refractivity contribution in [2.45, 2.75) is 32.0 Å². The molecular formula is C22H26N4O5. The molecule has 3 aliphatic heterocycles. The van der Waals surface area contributed by atoms with Gasteiger partial charge in [-0.15, -0.1) is 0 Å². The van der Waals surface area contributed by atoms with Crippen molar-refractivity contribution in [3.8, 4) is 17.7 Å². The van der Waals surface area contributed by atoms with E-state index in [1.807, 2.05) is 9.80 Å². The fraction of sp³-hybridized carbons (Fsp3) is 0.591. The number of carbonyl (C=O) groups is 1. The van der Waals surface area contributed by atoms with Crippen LogP contribution in [-0.2, 0) is 14.3 Å². The van der Waals surface area contributed by atoms with Crippen molar-refractivity contribution in [3.05, 3.63) is 24.1 Å². The summed E-state index contributed by atoms with van der Waals surface area (Å²) in [6, 6.07) is 5.60. The Morgan fingerprint density at radius 1 is 1.10 bits per heavy atom. The Morgan fingerprint density at radius 3 is 2.48 bits per heavy atom. The highest BCUT2D eigenvalue weighted by Crippen LogP contribution is 2.32. The van der Waals surface area contributed by atoms with E-state index in [4.69, 9.17) is 18.3 Å². The molecule has 31 heavy (non-hydrogen) atoms. The van der Waals surface area contributed by atoms with E-state index < -0.39 is 0 Å². The number of hydrogen-bond acceptors (Lipinski definition) is 8. The number of piperidine rings is 2. The van der Waals surface area contributed by atoms with Gasteiger partial charge in [0.15, 0.2) is 12.1 Å². The van der Waals surface area contributed by atoms with Crippen LogP contribution >= 0.6 is 0 Å². The summed E-state index contributed by atoms with van der Waals surface area (Å²) in [4.78, 5) is 21.3. The Kier molecular flexibility index (Phi) is 5.66. The minimum absolute atomic E-state index is 0.00443. The molecule has 9 nitrogen and oxygen atoms in total. The molecule has 0 aliphatic carbocycles. The van der Waals surface area contributed by atoms with Crippen LogP contribution in [0.3, 0.4) is 0 Å². The molecule has 0 atom stereocenters. The van der Waals surface area contributed by atoms with Gasteiger partial charge in [-0.25, -0.2) is 0 Å². The van der Waals surface area contributed by atoms with E-state index in [9.17, 15) is 10.1 Å². The molecule has 3 saturated heterocycles. The number of nitriles is 1. The van der Waals surface area contributed by atoms with Crippen molar-refractivity contribution in [2.75, 3.05) is 44.3 Å². The third-order valence-electron chi connectivity index (χ3n) is 6.46. The second-order valence-corrected chi connectivity index (χ2v) is 8.30. The van der Waals surface area contributed by atoms with Gasteiger partial charge in [-0.2, -0.15) is 10.2 Å². The minimum atomic E-state index is -0.0946. The molecule has 5 rings (SSSR count). The lowest BCUT2D eigenvalue weighted by atomic mass is 9.91. The van der Waals surface area contributed by atoms with Crippen molar-refractivity contribution in [2.24, 2.45) is 11.8 Å². The zero-order chi connectivity index (χ0) is 21.2. The van der Waals surface area contributed by atoms with Gasteiger partial charge in [0.1, 0.15) is 6.07 Å². The lowest BCUT2D eigenvalue weighted by Gasteiger charge is -2.38. The van der Waals surface area contributed by atoms with Gasteiger partial charge in [0.2, 0.25) is 17.5 Å². The van der Waals surface area contributed by atoms with Gasteiger partial charge in [0.25, 0.3) is 5.89 Å². The number of amides is 1. The molecule has 5 heterocycles. The largest absolute Gasteiger partial charge is 0.459 e. The van der Waals surface area contributed by atoms with E-state index in [1.165, 1.54) is 0 Å². The molecule has 2 aromatic rings. The molecule has 0 bridgehead atoms. The average Bonchev–Trinajstić information content (AvgIpc) is 3.60. The van der Waals surface area contributed by atoms with Gasteiger partial charge in [-0.3, -0.25) is 4.79 Å². The monoisotopic (exact) mass is 426 g/mol. The molecule has 0 unspecified atom stereocenters. The van der Waals surface area contributed by atoms with Crippen molar-refractivity contribution >= 4 is 11.8 Å². The fourth-order valence-electron chi connectivity index (χ4n) is 4.73. The summed E-state index contributed by atoms with van der Waals surface area (Å²) in [5.74, 6) is 1.87. The van der Waals surface area contributed by atoms with Crippen molar-refractivity contribution in [1.29, 1.82) is 5.26 Å². The quantitative estimate of drug-likeness (QED) is 0.735. The number of anilines is 1. The second kappa shape index (κ2) is 8.73. The highest BCUT2D eigenvalue weighted by atomic mass is 16.7. The molecular weight excluding hydrogens is 400 g/mol. The van der Waals surface area contributed by atoms with Crippen LogP contribution in [0.4, 0.5) is 5.88 Å². The zero-order valence-corrected chi connectivity index (χ0v) is 17.4. The molecule has 3 fully saturated rings. The van der Waals surface area contributed by atoms with Gasteiger partial charge in [0, 0.05) is 38.0 Å². The Morgan fingerprint density at radius 2 is 1.84 bits per heavy atom. The van der Waals surface area contributed by atoms with Gasteiger partial charge < -0.3 is 28.1 Å². The maximum absolute atomic E-state index is 13.1. The number of likely N-dealkylation sites (tertiary alicyclic amines) is 1. The molecule has 0 spiro atoms. The maximum Gasteiger partial charge on any atom is 0.266 e. The summed E-state index contributed by atoms with van der Waals surface area (Å²) in [6.45, 7) is 4.17. The highest BCUT2D eigenvalue weighted by molar-refractivity contribution is 5.79. The van der Waals surface area contributed by atoms with E-state index in [0.29, 0.717) is 49.8 Å². The molecule has 9 heteroatoms. The number of nitrogens with zero attached hydrogens (tertiary/aromatic N) is 4. The van der Waals surface area contributed by atoms with E-state index >= 15 is 0 Å². The van der Waals surface area contributed by atoms with Crippen molar-refractivity contribution < 1.29 is 23.1 Å². The number of carbonyl (C=O) groups excluding carboxylic acids is 1. The van der Waals surface area contributed by atoms with Crippen LogP contribution in [0.2, 0.25) is 0 Å². The predicted molar refractivity (Wildman–Crippen MR) is 109 cm³/mol. The first kappa shape index (κ1) is 20.1. The zero-order valence-electron chi connectivity index (χ0n) is 17.4. The van der Waals surface area contributed by atoms with E-state index in [2.05, 4.69) is 11.1 Å². The summed E-state index contributed by atoms with van der Waals surface area (Å²) >= 11 is 0. The average molecular weight is 426 g/mol. The predicted octanol–water partition coefficient (Wildman–Crippen LogP) is 2.63. The number of oxazole rings is 1. The van der Waals surface area contributed by atoms with Crippen LogP contribution in [0.1, 0.15) is 31.4 Å². The lowest BCUT2D eigenvalue weighted by Crippen LogP contribution is -2.46. The minimum Gasteiger partial charge on any atom is -0.459 e. The van der Waals surface area contributed by atoms with Crippen molar-refractivity contribution in [1.82, 2.24) is 9.88 Å². The summed E-state index contributed by atoms with van der Waals surface area (Å²) in [7, 11) is 0. The third-order valence-corrected chi connectivity index (χ3v) is 6.46. The van der Waals surface area contributed by atoms with Gasteiger partial charge in [0.05, 0.1) is 19.5 Å². The number of hydrogen-bond donors (Lipinski definition) is 0. The summed E-state index contributed by atoms with van der Waals surface area (Å²) in [6.07, 6.45) is 4.76. The lowest BCUT2D eigenvalue weighted by molar-refractivity contribution is -0.141. The van der Waals surface area contributed by atoms with Crippen LogP contribution in [0.25, 0.3) is 11.7 Å². The number of furan rings is 1. The summed E-state index contributed by atoms with van der Waals surface area (Å²) in [5.41, 5.74) is 0.245. The SMILES string of the molecule is N#Cc1nc(-c2ccco2)oc1N1CCC(C(=O)N2CCC(C3OCCO3)CC2)CC1. The van der Waals surface area contributed by atoms with E-state index in [0.717, 1.165) is 38.8 Å². The van der Waals surface area contributed by atoms with Crippen LogP contribution in [0.15, 0.2) is 27.2 Å². The maximum atomic E-state index is 13.1. The Labute approximate surface area is 180 Å². The fourth-order valence-corrected chi connectivity index (χ4v) is 4.73. The Balaban J connectivity index is 1.16.